The molecule has 0 N–H and O–H groups in total. The van der Waals surface area contributed by atoms with Crippen molar-refractivity contribution in [2.75, 3.05) is 25.2 Å². The Kier molecular flexibility index (Phi) is 15.4. The topological polar surface area (TPSA) is 6.48 Å². The van der Waals surface area contributed by atoms with Gasteiger partial charge in [-0.3, -0.25) is 0 Å². The van der Waals surface area contributed by atoms with E-state index < -0.39 is 0 Å². The summed E-state index contributed by atoms with van der Waals surface area (Å²) in [5.41, 5.74) is 0. The second-order valence-electron chi connectivity index (χ2n) is 8.23. The lowest BCUT2D eigenvalue weighted by atomic mass is 10.0. The maximum atomic E-state index is 2.44. The van der Waals surface area contributed by atoms with Gasteiger partial charge in [0.15, 0.2) is 0 Å². The van der Waals surface area contributed by atoms with Gasteiger partial charge in [0.05, 0.1) is 6.67 Å². The molecular formula is C23H46N2S. The molecule has 1 heterocycles. The standard InChI is InChI=1S/C23H46N2S/c1-4-5-6-7-8-9-10-11-12-13-14-15-16-17-20-26-21-23(2)25-19-18-24(3)22-25/h18-19,23H,4-17,20-22H2,1-3H3. The van der Waals surface area contributed by atoms with Crippen LogP contribution in [-0.2, 0) is 0 Å². The molecule has 0 aliphatic carbocycles. The number of rotatable bonds is 18. The van der Waals surface area contributed by atoms with E-state index in [4.69, 9.17) is 0 Å². The highest BCUT2D eigenvalue weighted by Gasteiger charge is 2.14. The van der Waals surface area contributed by atoms with E-state index in [2.05, 4.69) is 54.9 Å². The zero-order valence-corrected chi connectivity index (χ0v) is 18.9. The zero-order chi connectivity index (χ0) is 18.9. The van der Waals surface area contributed by atoms with E-state index in [0.29, 0.717) is 6.04 Å². The molecule has 0 bridgehead atoms. The van der Waals surface area contributed by atoms with E-state index in [9.17, 15) is 0 Å². The summed E-state index contributed by atoms with van der Waals surface area (Å²) in [4.78, 5) is 4.69. The summed E-state index contributed by atoms with van der Waals surface area (Å²) in [6, 6.07) is 0.660. The molecule has 0 radical (unpaired) electrons. The largest absolute Gasteiger partial charge is 0.362 e. The van der Waals surface area contributed by atoms with Gasteiger partial charge in [0.2, 0.25) is 0 Å². The molecule has 154 valence electrons. The molecule has 0 amide bonds. The van der Waals surface area contributed by atoms with Gasteiger partial charge >= 0.3 is 0 Å². The minimum Gasteiger partial charge on any atom is -0.362 e. The van der Waals surface area contributed by atoms with Crippen LogP contribution in [0.2, 0.25) is 0 Å². The number of nitrogens with zero attached hydrogens (tertiary/aromatic N) is 2. The first kappa shape index (κ1) is 23.7. The van der Waals surface area contributed by atoms with Crippen LogP contribution in [0.3, 0.4) is 0 Å². The van der Waals surface area contributed by atoms with Crippen LogP contribution < -0.4 is 0 Å². The number of hydrogen-bond donors (Lipinski definition) is 0. The monoisotopic (exact) mass is 382 g/mol. The quantitative estimate of drug-likeness (QED) is 0.230. The van der Waals surface area contributed by atoms with Gasteiger partial charge in [-0.1, -0.05) is 90.4 Å². The van der Waals surface area contributed by atoms with Crippen molar-refractivity contribution in [2.24, 2.45) is 0 Å². The van der Waals surface area contributed by atoms with Crippen molar-refractivity contribution in [3.63, 3.8) is 0 Å². The number of thioether (sulfide) groups is 1. The van der Waals surface area contributed by atoms with Crippen molar-refractivity contribution in [3.05, 3.63) is 12.4 Å². The van der Waals surface area contributed by atoms with Gasteiger partial charge in [0.1, 0.15) is 0 Å². The Labute approximate surface area is 169 Å². The van der Waals surface area contributed by atoms with E-state index >= 15 is 0 Å². The molecule has 1 unspecified atom stereocenters. The Morgan fingerprint density at radius 1 is 0.769 bits per heavy atom. The smallest absolute Gasteiger partial charge is 0.0893 e. The lowest BCUT2D eigenvalue weighted by Gasteiger charge is -2.25. The second-order valence-corrected chi connectivity index (χ2v) is 9.38. The first-order valence-corrected chi connectivity index (χ1v) is 12.6. The van der Waals surface area contributed by atoms with Crippen molar-refractivity contribution in [2.45, 2.75) is 110 Å². The van der Waals surface area contributed by atoms with Crippen LogP contribution in [-0.4, -0.2) is 41.1 Å². The molecule has 0 saturated carbocycles. The molecular weight excluding hydrogens is 336 g/mol. The van der Waals surface area contributed by atoms with Gasteiger partial charge in [-0.2, -0.15) is 11.8 Å². The maximum absolute atomic E-state index is 2.44. The second kappa shape index (κ2) is 16.8. The molecule has 3 heteroatoms. The molecule has 1 atom stereocenters. The molecule has 0 saturated heterocycles. The first-order valence-electron chi connectivity index (χ1n) is 11.5. The van der Waals surface area contributed by atoms with Crippen LogP contribution >= 0.6 is 11.8 Å². The third kappa shape index (κ3) is 12.9. The average molecular weight is 383 g/mol. The third-order valence-electron chi connectivity index (χ3n) is 5.47. The summed E-state index contributed by atoms with van der Waals surface area (Å²) in [5.74, 6) is 2.60. The minimum atomic E-state index is 0.660. The minimum absolute atomic E-state index is 0.660. The molecule has 1 aliphatic heterocycles. The van der Waals surface area contributed by atoms with Gasteiger partial charge < -0.3 is 9.80 Å². The van der Waals surface area contributed by atoms with E-state index in [1.165, 1.54) is 101 Å². The lowest BCUT2D eigenvalue weighted by Crippen LogP contribution is -2.32. The fourth-order valence-electron chi connectivity index (χ4n) is 3.59. The highest BCUT2D eigenvalue weighted by atomic mass is 32.2. The van der Waals surface area contributed by atoms with Crippen LogP contribution in [0.5, 0.6) is 0 Å². The van der Waals surface area contributed by atoms with Crippen LogP contribution in [0.4, 0.5) is 0 Å². The third-order valence-corrected chi connectivity index (χ3v) is 6.76. The average Bonchev–Trinajstić information content (AvgIpc) is 3.07. The Balaban J connectivity index is 1.73. The summed E-state index contributed by atoms with van der Waals surface area (Å²) in [6.45, 7) is 5.70. The summed E-state index contributed by atoms with van der Waals surface area (Å²) in [6.07, 6.45) is 24.7. The van der Waals surface area contributed by atoms with Gasteiger partial charge in [-0.25, -0.2) is 0 Å². The van der Waals surface area contributed by atoms with Gasteiger partial charge in [0, 0.05) is 31.2 Å². The molecule has 1 rings (SSSR count). The highest BCUT2D eigenvalue weighted by Crippen LogP contribution is 2.16. The Morgan fingerprint density at radius 3 is 1.73 bits per heavy atom. The Hall–Kier alpha value is -0.310. The van der Waals surface area contributed by atoms with E-state index in [1.807, 2.05) is 0 Å². The maximum Gasteiger partial charge on any atom is 0.0893 e. The summed E-state index contributed by atoms with van der Waals surface area (Å²) < 4.78 is 0. The van der Waals surface area contributed by atoms with E-state index in [0.717, 1.165) is 6.67 Å². The molecule has 0 aromatic carbocycles. The fourth-order valence-corrected chi connectivity index (χ4v) is 4.69. The molecule has 1 aliphatic rings. The molecule has 0 spiro atoms. The van der Waals surface area contributed by atoms with Crippen LogP contribution in [0.25, 0.3) is 0 Å². The lowest BCUT2D eigenvalue weighted by molar-refractivity contribution is 0.257. The van der Waals surface area contributed by atoms with Crippen LogP contribution in [0, 0.1) is 0 Å². The molecule has 26 heavy (non-hydrogen) atoms. The van der Waals surface area contributed by atoms with Crippen LogP contribution in [0.15, 0.2) is 12.4 Å². The van der Waals surface area contributed by atoms with E-state index in [1.54, 1.807) is 0 Å². The Morgan fingerprint density at radius 2 is 1.27 bits per heavy atom. The van der Waals surface area contributed by atoms with Crippen molar-refractivity contribution in [1.29, 1.82) is 0 Å². The molecule has 0 fully saturated rings. The predicted octanol–water partition coefficient (Wildman–Crippen LogP) is 7.27. The SMILES string of the molecule is CCCCCCCCCCCCCCCCSCC(C)N1C=CN(C)C1. The number of hydrogen-bond acceptors (Lipinski definition) is 3. The van der Waals surface area contributed by atoms with Crippen molar-refractivity contribution in [3.8, 4) is 0 Å². The predicted molar refractivity (Wildman–Crippen MR) is 121 cm³/mol. The zero-order valence-electron chi connectivity index (χ0n) is 18.1. The van der Waals surface area contributed by atoms with Crippen molar-refractivity contribution >= 4 is 11.8 Å². The molecule has 0 aromatic rings. The van der Waals surface area contributed by atoms with E-state index in [-0.39, 0.29) is 0 Å². The molecule has 0 aromatic heterocycles. The summed E-state index contributed by atoms with van der Waals surface area (Å²) >= 11 is 2.14. The normalized spacial score (nSPS) is 15.2. The molecule has 2 nitrogen and oxygen atoms in total. The van der Waals surface area contributed by atoms with Gasteiger partial charge in [-0.05, 0) is 19.1 Å². The van der Waals surface area contributed by atoms with Crippen molar-refractivity contribution < 1.29 is 0 Å². The van der Waals surface area contributed by atoms with Gasteiger partial charge in [-0.15, -0.1) is 0 Å². The summed E-state index contributed by atoms with van der Waals surface area (Å²) in [7, 11) is 2.14. The fraction of sp³-hybridized carbons (Fsp3) is 0.913. The Bertz CT molecular complexity index is 332. The number of unbranched alkanes of at least 4 members (excludes halogenated alkanes) is 13. The first-order chi connectivity index (χ1) is 12.7. The summed E-state index contributed by atoms with van der Waals surface area (Å²) in [5, 5.41) is 0. The van der Waals surface area contributed by atoms with Crippen molar-refractivity contribution in [1.82, 2.24) is 9.80 Å². The van der Waals surface area contributed by atoms with Gasteiger partial charge in [0.25, 0.3) is 0 Å². The highest BCUT2D eigenvalue weighted by molar-refractivity contribution is 7.99. The van der Waals surface area contributed by atoms with Crippen LogP contribution in [0.1, 0.15) is 104 Å².